The van der Waals surface area contributed by atoms with Crippen LogP contribution in [0, 0.1) is 5.92 Å². The first kappa shape index (κ1) is 12.9. The predicted molar refractivity (Wildman–Crippen MR) is 56.8 cm³/mol. The van der Waals surface area contributed by atoms with Gasteiger partial charge in [0.05, 0.1) is 12.6 Å². The lowest BCUT2D eigenvalue weighted by Gasteiger charge is -2.17. The predicted octanol–water partition coefficient (Wildman–Crippen LogP) is -1.06. The van der Waals surface area contributed by atoms with Crippen molar-refractivity contribution >= 4 is 11.9 Å². The van der Waals surface area contributed by atoms with E-state index in [4.69, 9.17) is 10.2 Å². The minimum Gasteiger partial charge on any atom is -0.480 e. The molecule has 1 aliphatic rings. The molecule has 0 radical (unpaired) electrons. The van der Waals surface area contributed by atoms with Gasteiger partial charge in [0.1, 0.15) is 0 Å². The van der Waals surface area contributed by atoms with Crippen LogP contribution in [0.2, 0.25) is 0 Å². The summed E-state index contributed by atoms with van der Waals surface area (Å²) in [6.07, 6.45) is 1.28. The number of nitrogens with one attached hydrogen (secondary N) is 2. The number of rotatable bonds is 7. The van der Waals surface area contributed by atoms with E-state index in [0.717, 1.165) is 6.54 Å². The molecule has 4 N–H and O–H groups in total. The van der Waals surface area contributed by atoms with Crippen molar-refractivity contribution in [3.63, 3.8) is 0 Å². The zero-order chi connectivity index (χ0) is 12.1. The molecule has 0 heterocycles. The van der Waals surface area contributed by atoms with Crippen molar-refractivity contribution in [2.75, 3.05) is 13.1 Å². The largest absolute Gasteiger partial charge is 0.480 e. The summed E-state index contributed by atoms with van der Waals surface area (Å²) in [5.74, 6) is -0.973. The summed E-state index contributed by atoms with van der Waals surface area (Å²) in [5, 5.41) is 23.1. The zero-order valence-electron chi connectivity index (χ0n) is 9.27. The molecule has 0 spiro atoms. The van der Waals surface area contributed by atoms with Gasteiger partial charge in [0.15, 0.2) is 6.04 Å². The summed E-state index contributed by atoms with van der Waals surface area (Å²) in [5.41, 5.74) is 0. The Kier molecular flexibility index (Phi) is 4.70. The van der Waals surface area contributed by atoms with E-state index >= 15 is 0 Å². The van der Waals surface area contributed by atoms with Gasteiger partial charge in [-0.05, 0) is 32.2 Å². The van der Waals surface area contributed by atoms with Crippen LogP contribution in [0.1, 0.15) is 19.8 Å². The average molecular weight is 230 g/mol. The summed E-state index contributed by atoms with van der Waals surface area (Å²) < 4.78 is 0. The SMILES string of the molecule is C[C@@H](O)[C@H](NC(=O)CNCC1CC1)C(=O)O. The second kappa shape index (κ2) is 5.81. The third-order valence-corrected chi connectivity index (χ3v) is 2.48. The van der Waals surface area contributed by atoms with Crippen LogP contribution in [0.3, 0.4) is 0 Å². The van der Waals surface area contributed by atoms with Gasteiger partial charge in [-0.2, -0.15) is 0 Å². The van der Waals surface area contributed by atoms with E-state index in [1.54, 1.807) is 0 Å². The molecule has 0 aromatic rings. The van der Waals surface area contributed by atoms with Crippen LogP contribution in [0.5, 0.6) is 0 Å². The second-order valence-corrected chi connectivity index (χ2v) is 4.20. The normalized spacial score (nSPS) is 18.9. The van der Waals surface area contributed by atoms with Crippen molar-refractivity contribution < 1.29 is 19.8 Å². The topological polar surface area (TPSA) is 98.7 Å². The monoisotopic (exact) mass is 230 g/mol. The first-order valence-corrected chi connectivity index (χ1v) is 5.41. The fourth-order valence-corrected chi connectivity index (χ4v) is 1.32. The smallest absolute Gasteiger partial charge is 0.328 e. The molecule has 1 rings (SSSR count). The van der Waals surface area contributed by atoms with Gasteiger partial charge in [-0.3, -0.25) is 4.79 Å². The Morgan fingerprint density at radius 3 is 2.50 bits per heavy atom. The Labute approximate surface area is 94.0 Å². The number of aliphatic hydroxyl groups is 1. The maximum atomic E-state index is 11.3. The van der Waals surface area contributed by atoms with Crippen molar-refractivity contribution in [2.24, 2.45) is 5.92 Å². The van der Waals surface area contributed by atoms with Gasteiger partial charge >= 0.3 is 5.97 Å². The van der Waals surface area contributed by atoms with Crippen LogP contribution >= 0.6 is 0 Å². The number of aliphatic hydroxyl groups excluding tert-OH is 1. The van der Waals surface area contributed by atoms with Crippen molar-refractivity contribution in [1.29, 1.82) is 0 Å². The maximum Gasteiger partial charge on any atom is 0.328 e. The number of carboxylic acid groups (broad SMARTS) is 1. The molecule has 0 bridgehead atoms. The molecular weight excluding hydrogens is 212 g/mol. The molecule has 0 aliphatic heterocycles. The second-order valence-electron chi connectivity index (χ2n) is 4.20. The quantitative estimate of drug-likeness (QED) is 0.446. The molecule has 0 aromatic carbocycles. The van der Waals surface area contributed by atoms with Crippen LogP contribution in [-0.2, 0) is 9.59 Å². The van der Waals surface area contributed by atoms with Crippen molar-refractivity contribution in [3.8, 4) is 0 Å². The summed E-state index contributed by atoms with van der Waals surface area (Å²) in [7, 11) is 0. The number of hydrogen-bond donors (Lipinski definition) is 4. The highest BCUT2D eigenvalue weighted by molar-refractivity contribution is 5.85. The van der Waals surface area contributed by atoms with Gasteiger partial charge in [0, 0.05) is 0 Å². The lowest BCUT2D eigenvalue weighted by Crippen LogP contribution is -2.50. The molecular formula is C10H18N2O4. The Balaban J connectivity index is 2.21. The van der Waals surface area contributed by atoms with Crippen LogP contribution in [0.15, 0.2) is 0 Å². The van der Waals surface area contributed by atoms with Gasteiger partial charge in [-0.25, -0.2) is 4.79 Å². The minimum atomic E-state index is -1.24. The molecule has 1 fully saturated rings. The molecule has 1 amide bonds. The van der Waals surface area contributed by atoms with Crippen LogP contribution in [-0.4, -0.2) is 47.3 Å². The van der Waals surface area contributed by atoms with Crippen molar-refractivity contribution in [2.45, 2.75) is 31.9 Å². The lowest BCUT2D eigenvalue weighted by molar-refractivity contribution is -0.144. The minimum absolute atomic E-state index is 0.0903. The Morgan fingerprint density at radius 1 is 1.44 bits per heavy atom. The van der Waals surface area contributed by atoms with E-state index in [1.807, 2.05) is 0 Å². The molecule has 0 aromatic heterocycles. The number of carboxylic acids is 1. The van der Waals surface area contributed by atoms with Crippen molar-refractivity contribution in [3.05, 3.63) is 0 Å². The highest BCUT2D eigenvalue weighted by Crippen LogP contribution is 2.27. The first-order valence-electron chi connectivity index (χ1n) is 5.41. The maximum absolute atomic E-state index is 11.3. The molecule has 92 valence electrons. The van der Waals surface area contributed by atoms with E-state index in [9.17, 15) is 9.59 Å². The van der Waals surface area contributed by atoms with E-state index in [1.165, 1.54) is 19.8 Å². The third kappa shape index (κ3) is 4.59. The number of amides is 1. The van der Waals surface area contributed by atoms with E-state index in [2.05, 4.69) is 10.6 Å². The number of carbonyl (C=O) groups is 2. The number of hydrogen-bond acceptors (Lipinski definition) is 4. The molecule has 1 saturated carbocycles. The summed E-state index contributed by atoms with van der Waals surface area (Å²) in [4.78, 5) is 22.0. The van der Waals surface area contributed by atoms with Gasteiger partial charge in [-0.15, -0.1) is 0 Å². The Bertz CT molecular complexity index is 264. The Hall–Kier alpha value is -1.14. The Morgan fingerprint density at radius 2 is 2.06 bits per heavy atom. The van der Waals surface area contributed by atoms with Crippen LogP contribution in [0.4, 0.5) is 0 Å². The standard InChI is InChI=1S/C10H18N2O4/c1-6(13)9(10(15)16)12-8(14)5-11-4-7-2-3-7/h6-7,9,11,13H,2-5H2,1H3,(H,12,14)(H,15,16)/t6-,9+/m1/s1. The van der Waals surface area contributed by atoms with E-state index in [0.29, 0.717) is 5.92 Å². The molecule has 0 saturated heterocycles. The zero-order valence-corrected chi connectivity index (χ0v) is 9.27. The van der Waals surface area contributed by atoms with Crippen LogP contribution in [0.25, 0.3) is 0 Å². The highest BCUT2D eigenvalue weighted by atomic mass is 16.4. The van der Waals surface area contributed by atoms with Gasteiger partial charge in [0.2, 0.25) is 5.91 Å². The van der Waals surface area contributed by atoms with Gasteiger partial charge in [0.25, 0.3) is 0 Å². The first-order chi connectivity index (χ1) is 7.50. The molecule has 1 aliphatic carbocycles. The molecule has 0 unspecified atom stereocenters. The van der Waals surface area contributed by atoms with E-state index < -0.39 is 24.0 Å². The molecule has 2 atom stereocenters. The fourth-order valence-electron chi connectivity index (χ4n) is 1.32. The number of carbonyl (C=O) groups excluding carboxylic acids is 1. The molecule has 6 heteroatoms. The molecule has 16 heavy (non-hydrogen) atoms. The molecule has 6 nitrogen and oxygen atoms in total. The van der Waals surface area contributed by atoms with Crippen LogP contribution < -0.4 is 10.6 Å². The van der Waals surface area contributed by atoms with Gasteiger partial charge < -0.3 is 20.8 Å². The van der Waals surface area contributed by atoms with Gasteiger partial charge in [-0.1, -0.05) is 0 Å². The number of aliphatic carboxylic acids is 1. The fraction of sp³-hybridized carbons (Fsp3) is 0.800. The summed E-state index contributed by atoms with van der Waals surface area (Å²) >= 11 is 0. The summed E-state index contributed by atoms with van der Waals surface area (Å²) in [6.45, 7) is 2.21. The average Bonchev–Trinajstić information content (AvgIpc) is 2.97. The third-order valence-electron chi connectivity index (χ3n) is 2.48. The highest BCUT2D eigenvalue weighted by Gasteiger charge is 2.25. The summed E-state index contributed by atoms with van der Waals surface area (Å²) in [6, 6.07) is -1.24. The van der Waals surface area contributed by atoms with E-state index in [-0.39, 0.29) is 6.54 Å². The van der Waals surface area contributed by atoms with Crippen molar-refractivity contribution in [1.82, 2.24) is 10.6 Å². The lowest BCUT2D eigenvalue weighted by atomic mass is 10.2.